The van der Waals surface area contributed by atoms with E-state index in [0.717, 1.165) is 35.6 Å². The molecule has 0 unspecified atom stereocenters. The normalized spacial score (nSPS) is 14.4. The summed E-state index contributed by atoms with van der Waals surface area (Å²) in [5.41, 5.74) is 1.66. The largest absolute Gasteiger partial charge is 0.352 e. The summed E-state index contributed by atoms with van der Waals surface area (Å²) in [6, 6.07) is 19.3. The van der Waals surface area contributed by atoms with Gasteiger partial charge in [0.15, 0.2) is 0 Å². The lowest BCUT2D eigenvalue weighted by molar-refractivity contribution is -0.139. The van der Waals surface area contributed by atoms with Crippen LogP contribution in [0.2, 0.25) is 10.0 Å². The van der Waals surface area contributed by atoms with Crippen LogP contribution in [0.5, 0.6) is 0 Å². The number of carbonyl (C=O) groups excluding carboxylic acids is 2. The van der Waals surface area contributed by atoms with Crippen LogP contribution in [0.4, 0.5) is 5.69 Å². The Hall–Kier alpha value is -3.07. The number of sulfonamides is 1. The third-order valence-corrected chi connectivity index (χ3v) is 9.99. The molecule has 1 N–H and O–H groups in total. The highest BCUT2D eigenvalue weighted by Crippen LogP contribution is 2.30. The van der Waals surface area contributed by atoms with E-state index >= 15 is 0 Å². The van der Waals surface area contributed by atoms with E-state index in [1.807, 2.05) is 19.1 Å². The van der Waals surface area contributed by atoms with Crippen molar-refractivity contribution in [3.8, 4) is 0 Å². The van der Waals surface area contributed by atoms with Gasteiger partial charge in [-0.25, -0.2) is 8.42 Å². The lowest BCUT2D eigenvalue weighted by Crippen LogP contribution is -2.52. The predicted octanol–water partition coefficient (Wildman–Crippen LogP) is 6.23. The lowest BCUT2D eigenvalue weighted by Gasteiger charge is -2.33. The van der Waals surface area contributed by atoms with Gasteiger partial charge < -0.3 is 10.2 Å². The molecule has 2 amide bonds. The Morgan fingerprint density at radius 1 is 0.927 bits per heavy atom. The van der Waals surface area contributed by atoms with Crippen molar-refractivity contribution in [1.82, 2.24) is 10.2 Å². The van der Waals surface area contributed by atoms with Gasteiger partial charge in [-0.1, -0.05) is 85.4 Å². The first-order valence-corrected chi connectivity index (χ1v) is 16.0. The second kappa shape index (κ2) is 13.7. The van der Waals surface area contributed by atoms with Gasteiger partial charge in [0.1, 0.15) is 12.6 Å². The van der Waals surface area contributed by atoms with Crippen LogP contribution in [0.25, 0.3) is 0 Å². The van der Waals surface area contributed by atoms with E-state index in [2.05, 4.69) is 5.32 Å². The van der Waals surface area contributed by atoms with Gasteiger partial charge >= 0.3 is 0 Å². The van der Waals surface area contributed by atoms with Gasteiger partial charge in [0.25, 0.3) is 10.0 Å². The number of aryl methyl sites for hydroxylation is 1. The molecular weight excluding hydrogens is 581 g/mol. The molecule has 1 atom stereocenters. The summed E-state index contributed by atoms with van der Waals surface area (Å²) < 4.78 is 29.1. The van der Waals surface area contributed by atoms with E-state index in [4.69, 9.17) is 23.2 Å². The molecule has 218 valence electrons. The highest BCUT2D eigenvalue weighted by Gasteiger charge is 2.34. The third kappa shape index (κ3) is 7.23. The Kier molecular flexibility index (Phi) is 10.3. The number of amides is 2. The molecular formula is C31H35Cl2N3O4S. The van der Waals surface area contributed by atoms with E-state index in [-0.39, 0.29) is 23.4 Å². The Labute approximate surface area is 252 Å². The monoisotopic (exact) mass is 615 g/mol. The van der Waals surface area contributed by atoms with Gasteiger partial charge in [-0.2, -0.15) is 0 Å². The van der Waals surface area contributed by atoms with E-state index in [9.17, 15) is 18.0 Å². The van der Waals surface area contributed by atoms with E-state index in [1.54, 1.807) is 55.5 Å². The van der Waals surface area contributed by atoms with Gasteiger partial charge in [-0.15, -0.1) is 0 Å². The van der Waals surface area contributed by atoms with Crippen LogP contribution in [0.15, 0.2) is 77.7 Å². The molecule has 1 saturated carbocycles. The second-order valence-electron chi connectivity index (χ2n) is 10.2. The summed E-state index contributed by atoms with van der Waals surface area (Å²) in [5.74, 6) is -0.861. The van der Waals surface area contributed by atoms with Crippen molar-refractivity contribution >= 4 is 50.7 Å². The predicted molar refractivity (Wildman–Crippen MR) is 164 cm³/mol. The lowest BCUT2D eigenvalue weighted by atomic mass is 10.1. The van der Waals surface area contributed by atoms with Gasteiger partial charge in [-0.3, -0.25) is 13.9 Å². The van der Waals surface area contributed by atoms with E-state index in [1.165, 1.54) is 17.0 Å². The standard InChI is InChI=1S/C31H35Cl2N3O4S/c1-3-23-12-7-10-19-29(23)36(41(39,40)25-15-5-4-6-16-25)21-30(37)35(20-26-27(32)17-11-18-28(26)33)22(2)31(38)34-24-13-8-9-14-24/h4-7,10-12,15-19,22,24H,3,8-9,13-14,20-21H2,1-2H3,(H,34,38)/t22-/m0/s1. The van der Waals surface area contributed by atoms with Crippen LogP contribution in [0, 0.1) is 0 Å². The number of halogens is 2. The second-order valence-corrected chi connectivity index (χ2v) is 12.9. The van der Waals surface area contributed by atoms with Crippen LogP contribution < -0.4 is 9.62 Å². The minimum atomic E-state index is -4.14. The van der Waals surface area contributed by atoms with Crippen molar-refractivity contribution < 1.29 is 18.0 Å². The average Bonchev–Trinajstić information content (AvgIpc) is 3.48. The minimum absolute atomic E-state index is 0.0530. The third-order valence-electron chi connectivity index (χ3n) is 7.51. The van der Waals surface area contributed by atoms with Crippen LogP contribution in [-0.2, 0) is 32.6 Å². The van der Waals surface area contributed by atoms with Crippen molar-refractivity contribution in [2.24, 2.45) is 0 Å². The quantitative estimate of drug-likeness (QED) is 0.277. The molecule has 7 nitrogen and oxygen atoms in total. The van der Waals surface area contributed by atoms with E-state index in [0.29, 0.717) is 27.7 Å². The number of hydrogen-bond acceptors (Lipinski definition) is 4. The number of carbonyl (C=O) groups is 2. The molecule has 0 aliphatic heterocycles. The maximum absolute atomic E-state index is 14.2. The maximum atomic E-state index is 14.2. The fraction of sp³-hybridized carbons (Fsp3) is 0.355. The maximum Gasteiger partial charge on any atom is 0.264 e. The van der Waals surface area contributed by atoms with E-state index < -0.39 is 28.5 Å². The molecule has 1 aliphatic carbocycles. The van der Waals surface area contributed by atoms with Gasteiger partial charge in [-0.05, 0) is 62.1 Å². The van der Waals surface area contributed by atoms with Crippen LogP contribution >= 0.6 is 23.2 Å². The fourth-order valence-corrected chi connectivity index (χ4v) is 7.10. The zero-order valence-electron chi connectivity index (χ0n) is 23.2. The Morgan fingerprint density at radius 3 is 2.17 bits per heavy atom. The number of hydrogen-bond donors (Lipinski definition) is 1. The molecule has 4 rings (SSSR count). The van der Waals surface area contributed by atoms with Crippen LogP contribution in [0.1, 0.15) is 50.7 Å². The molecule has 1 fully saturated rings. The SMILES string of the molecule is CCc1ccccc1N(CC(=O)N(Cc1c(Cl)cccc1Cl)[C@@H](C)C(=O)NC1CCCC1)S(=O)(=O)c1ccccc1. The molecule has 41 heavy (non-hydrogen) atoms. The van der Waals surface area contributed by atoms with Gasteiger partial charge in [0.05, 0.1) is 10.6 Å². The highest BCUT2D eigenvalue weighted by molar-refractivity contribution is 7.92. The van der Waals surface area contributed by atoms with Crippen molar-refractivity contribution in [3.05, 3.63) is 94.0 Å². The molecule has 3 aromatic rings. The molecule has 0 aromatic heterocycles. The number of rotatable bonds is 11. The topological polar surface area (TPSA) is 86.8 Å². The average molecular weight is 617 g/mol. The zero-order valence-corrected chi connectivity index (χ0v) is 25.6. The Morgan fingerprint density at radius 2 is 1.54 bits per heavy atom. The molecule has 10 heteroatoms. The zero-order chi connectivity index (χ0) is 29.6. The number of nitrogens with zero attached hydrogens (tertiary/aromatic N) is 2. The molecule has 0 spiro atoms. The van der Waals surface area contributed by atoms with Crippen molar-refractivity contribution in [2.75, 3.05) is 10.8 Å². The van der Waals surface area contributed by atoms with Crippen LogP contribution in [-0.4, -0.2) is 43.8 Å². The summed E-state index contributed by atoms with van der Waals surface area (Å²) in [6.45, 7) is 2.99. The first-order chi connectivity index (χ1) is 19.6. The fourth-order valence-electron chi connectivity index (χ4n) is 5.11. The Balaban J connectivity index is 1.74. The van der Waals surface area contributed by atoms with Gasteiger partial charge in [0.2, 0.25) is 11.8 Å². The summed E-state index contributed by atoms with van der Waals surface area (Å²) in [5, 5.41) is 3.76. The minimum Gasteiger partial charge on any atom is -0.352 e. The number of benzene rings is 3. The summed E-state index contributed by atoms with van der Waals surface area (Å²) in [4.78, 5) is 29.0. The molecule has 0 radical (unpaired) electrons. The summed E-state index contributed by atoms with van der Waals surface area (Å²) in [6.07, 6.45) is 4.42. The highest BCUT2D eigenvalue weighted by atomic mass is 35.5. The van der Waals surface area contributed by atoms with Crippen molar-refractivity contribution in [3.63, 3.8) is 0 Å². The Bertz CT molecular complexity index is 1460. The summed E-state index contributed by atoms with van der Waals surface area (Å²) in [7, 11) is -4.14. The van der Waals surface area contributed by atoms with Gasteiger partial charge in [0, 0.05) is 28.2 Å². The number of para-hydroxylation sites is 1. The molecule has 0 heterocycles. The molecule has 1 aliphatic rings. The molecule has 0 bridgehead atoms. The molecule has 3 aromatic carbocycles. The smallest absolute Gasteiger partial charge is 0.264 e. The first kappa shape index (κ1) is 30.9. The molecule has 0 saturated heterocycles. The van der Waals surface area contributed by atoms with Crippen molar-refractivity contribution in [2.45, 2.75) is 69.5 Å². The van der Waals surface area contributed by atoms with Crippen LogP contribution in [0.3, 0.4) is 0 Å². The number of nitrogens with one attached hydrogen (secondary N) is 1. The van der Waals surface area contributed by atoms with Crippen molar-refractivity contribution in [1.29, 1.82) is 0 Å². The first-order valence-electron chi connectivity index (χ1n) is 13.8. The number of anilines is 1. The summed E-state index contributed by atoms with van der Waals surface area (Å²) >= 11 is 12.9.